The molecule has 18 heavy (non-hydrogen) atoms. The fourth-order valence-corrected chi connectivity index (χ4v) is 1.96. The zero-order valence-electron chi connectivity index (χ0n) is 9.54. The fraction of sp³-hybridized carbons (Fsp3) is 0.0833. The quantitative estimate of drug-likeness (QED) is 0.710. The summed E-state index contributed by atoms with van der Waals surface area (Å²) in [4.78, 5) is 8.34. The summed E-state index contributed by atoms with van der Waals surface area (Å²) in [6.45, 7) is 0. The number of nitrogens with zero attached hydrogens (tertiary/aromatic N) is 4. The first-order valence-corrected chi connectivity index (χ1v) is 5.65. The first-order valence-electron chi connectivity index (χ1n) is 5.28. The van der Waals surface area contributed by atoms with Crippen LogP contribution in [0.1, 0.15) is 0 Å². The number of hydrogen-bond acceptors (Lipinski definition) is 4. The van der Waals surface area contributed by atoms with Crippen LogP contribution in [0.25, 0.3) is 16.8 Å². The van der Waals surface area contributed by atoms with E-state index >= 15 is 0 Å². The van der Waals surface area contributed by atoms with Gasteiger partial charge in [-0.2, -0.15) is 5.10 Å². The molecule has 0 atom stereocenters. The lowest BCUT2D eigenvalue weighted by molar-refractivity contribution is 0.398. The lowest BCUT2D eigenvalue weighted by atomic mass is 10.1. The van der Waals surface area contributed by atoms with Crippen molar-refractivity contribution in [1.82, 2.24) is 19.6 Å². The van der Waals surface area contributed by atoms with Gasteiger partial charge in [-0.05, 0) is 6.07 Å². The highest BCUT2D eigenvalue weighted by atomic mass is 35.5. The van der Waals surface area contributed by atoms with Gasteiger partial charge < -0.3 is 4.74 Å². The van der Waals surface area contributed by atoms with E-state index in [0.29, 0.717) is 10.9 Å². The Labute approximate surface area is 108 Å². The molecule has 90 valence electrons. The smallest absolute Gasteiger partial charge is 0.213 e. The molecule has 0 unspecified atom stereocenters. The van der Waals surface area contributed by atoms with Gasteiger partial charge in [0.1, 0.15) is 0 Å². The van der Waals surface area contributed by atoms with Crippen molar-refractivity contribution in [3.63, 3.8) is 0 Å². The van der Waals surface area contributed by atoms with Crippen LogP contribution in [0.2, 0.25) is 5.02 Å². The van der Waals surface area contributed by atoms with Crippen LogP contribution in [-0.2, 0) is 0 Å². The molecule has 3 rings (SSSR count). The van der Waals surface area contributed by atoms with Crippen molar-refractivity contribution < 1.29 is 4.74 Å². The first kappa shape index (κ1) is 11.0. The summed E-state index contributed by atoms with van der Waals surface area (Å²) in [5, 5.41) is 4.76. The largest absolute Gasteiger partial charge is 0.481 e. The molecule has 0 saturated heterocycles. The molecule has 0 spiro atoms. The molecule has 5 nitrogen and oxygen atoms in total. The Bertz CT molecular complexity index is 710. The number of fused-ring (bicyclic) bond motifs is 1. The third-order valence-electron chi connectivity index (χ3n) is 2.61. The normalized spacial score (nSPS) is 10.8. The van der Waals surface area contributed by atoms with Crippen LogP contribution in [0.15, 0.2) is 36.9 Å². The van der Waals surface area contributed by atoms with E-state index in [1.165, 1.54) is 0 Å². The highest BCUT2D eigenvalue weighted by Crippen LogP contribution is 2.31. The fourth-order valence-electron chi connectivity index (χ4n) is 1.75. The predicted molar refractivity (Wildman–Crippen MR) is 67.8 cm³/mol. The van der Waals surface area contributed by atoms with E-state index in [1.807, 2.05) is 12.3 Å². The minimum Gasteiger partial charge on any atom is -0.481 e. The molecule has 0 amide bonds. The lowest BCUT2D eigenvalue weighted by Gasteiger charge is -2.04. The van der Waals surface area contributed by atoms with Gasteiger partial charge in [0.2, 0.25) is 5.88 Å². The molecule has 0 aliphatic carbocycles. The van der Waals surface area contributed by atoms with E-state index in [9.17, 15) is 0 Å². The molecule has 0 aliphatic heterocycles. The molecule has 3 aromatic heterocycles. The molecule has 0 aliphatic rings. The second-order valence-corrected chi connectivity index (χ2v) is 4.06. The zero-order chi connectivity index (χ0) is 12.5. The second-order valence-electron chi connectivity index (χ2n) is 3.65. The standard InChI is InChI=1S/C12H9ClN4O/c1-18-11-5-8(10(13)7-15-11)9-6-16-17-4-2-3-14-12(9)17/h2-7H,1H3. The highest BCUT2D eigenvalue weighted by Gasteiger charge is 2.12. The van der Waals surface area contributed by atoms with Gasteiger partial charge in [0.15, 0.2) is 5.65 Å². The highest BCUT2D eigenvalue weighted by molar-refractivity contribution is 6.33. The van der Waals surface area contributed by atoms with Crippen LogP contribution in [0.4, 0.5) is 0 Å². The summed E-state index contributed by atoms with van der Waals surface area (Å²) in [5.74, 6) is 0.504. The Morgan fingerprint density at radius 1 is 1.22 bits per heavy atom. The van der Waals surface area contributed by atoms with Gasteiger partial charge in [0.05, 0.1) is 24.5 Å². The molecule has 0 fully saturated rings. The van der Waals surface area contributed by atoms with E-state index < -0.39 is 0 Å². The summed E-state index contributed by atoms with van der Waals surface area (Å²) in [7, 11) is 1.56. The average Bonchev–Trinajstić information content (AvgIpc) is 2.83. The number of rotatable bonds is 2. The number of halogens is 1. The van der Waals surface area contributed by atoms with Crippen LogP contribution < -0.4 is 4.74 Å². The van der Waals surface area contributed by atoms with Crippen molar-refractivity contribution in [1.29, 1.82) is 0 Å². The van der Waals surface area contributed by atoms with Gasteiger partial charge in [-0.15, -0.1) is 0 Å². The van der Waals surface area contributed by atoms with Crippen LogP contribution >= 0.6 is 11.6 Å². The first-order chi connectivity index (χ1) is 8.79. The average molecular weight is 261 g/mol. The van der Waals surface area contributed by atoms with Crippen molar-refractivity contribution in [2.75, 3.05) is 7.11 Å². The zero-order valence-corrected chi connectivity index (χ0v) is 10.3. The second kappa shape index (κ2) is 4.27. The third kappa shape index (κ3) is 1.69. The Balaban J connectivity index is 2.25. The summed E-state index contributed by atoms with van der Waals surface area (Å²) < 4.78 is 6.80. The molecule has 0 saturated carbocycles. The Kier molecular flexibility index (Phi) is 2.60. The molecule has 0 N–H and O–H groups in total. The van der Waals surface area contributed by atoms with E-state index in [-0.39, 0.29) is 0 Å². The number of hydrogen-bond donors (Lipinski definition) is 0. The number of pyridine rings is 1. The lowest BCUT2D eigenvalue weighted by Crippen LogP contribution is -1.90. The van der Waals surface area contributed by atoms with Crippen LogP contribution in [0, 0.1) is 0 Å². The van der Waals surface area contributed by atoms with Gasteiger partial charge in [0.25, 0.3) is 0 Å². The van der Waals surface area contributed by atoms with Crippen molar-refractivity contribution in [2.45, 2.75) is 0 Å². The predicted octanol–water partition coefficient (Wildman–Crippen LogP) is 2.45. The summed E-state index contributed by atoms with van der Waals surface area (Å²) >= 11 is 6.16. The summed E-state index contributed by atoms with van der Waals surface area (Å²) in [5.41, 5.74) is 2.39. The van der Waals surface area contributed by atoms with Crippen LogP contribution in [-0.4, -0.2) is 26.7 Å². The maximum absolute atomic E-state index is 6.16. The van der Waals surface area contributed by atoms with Crippen molar-refractivity contribution in [2.24, 2.45) is 0 Å². The SMILES string of the molecule is COc1cc(-c2cnn3cccnc23)c(Cl)cn1. The minimum atomic E-state index is 0.504. The van der Waals surface area contributed by atoms with Gasteiger partial charge in [-0.1, -0.05) is 11.6 Å². The Morgan fingerprint density at radius 3 is 2.94 bits per heavy atom. The molecule has 6 heteroatoms. The van der Waals surface area contributed by atoms with Crippen LogP contribution in [0.5, 0.6) is 5.88 Å². The molecule has 0 aromatic carbocycles. The van der Waals surface area contributed by atoms with Crippen molar-refractivity contribution >= 4 is 17.2 Å². The van der Waals surface area contributed by atoms with Crippen LogP contribution in [0.3, 0.4) is 0 Å². The molecule has 0 radical (unpaired) electrons. The summed E-state index contributed by atoms with van der Waals surface area (Å²) in [6.07, 6.45) is 6.83. The number of aromatic nitrogens is 4. The minimum absolute atomic E-state index is 0.504. The summed E-state index contributed by atoms with van der Waals surface area (Å²) in [6, 6.07) is 3.59. The van der Waals surface area contributed by atoms with Crippen molar-refractivity contribution in [3.8, 4) is 17.0 Å². The topological polar surface area (TPSA) is 52.3 Å². The van der Waals surface area contributed by atoms with Gasteiger partial charge in [-0.3, -0.25) is 0 Å². The Morgan fingerprint density at radius 2 is 2.11 bits per heavy atom. The molecule has 0 bridgehead atoms. The van der Waals surface area contributed by atoms with E-state index in [4.69, 9.17) is 16.3 Å². The van der Waals surface area contributed by atoms with E-state index in [2.05, 4.69) is 15.1 Å². The maximum atomic E-state index is 6.16. The number of ether oxygens (including phenoxy) is 1. The third-order valence-corrected chi connectivity index (χ3v) is 2.91. The van der Waals surface area contributed by atoms with Crippen molar-refractivity contribution in [3.05, 3.63) is 41.9 Å². The number of methoxy groups -OCH3 is 1. The van der Waals surface area contributed by atoms with E-state index in [0.717, 1.165) is 16.8 Å². The Hall–Kier alpha value is -2.14. The van der Waals surface area contributed by atoms with E-state index in [1.54, 1.807) is 36.3 Å². The maximum Gasteiger partial charge on any atom is 0.213 e. The molecule has 3 heterocycles. The molecular formula is C12H9ClN4O. The van der Waals surface area contributed by atoms with Gasteiger partial charge >= 0.3 is 0 Å². The van der Waals surface area contributed by atoms with Gasteiger partial charge in [-0.25, -0.2) is 14.5 Å². The molecule has 3 aromatic rings. The monoisotopic (exact) mass is 260 g/mol. The molecular weight excluding hydrogens is 252 g/mol. The van der Waals surface area contributed by atoms with Gasteiger partial charge in [0, 0.05) is 29.6 Å².